The van der Waals surface area contributed by atoms with Crippen LogP contribution in [0.5, 0.6) is 0 Å². The van der Waals surface area contributed by atoms with Crippen LogP contribution in [-0.4, -0.2) is 16.9 Å². The van der Waals surface area contributed by atoms with Crippen LogP contribution in [-0.2, 0) is 9.59 Å². The summed E-state index contributed by atoms with van der Waals surface area (Å²) < 4.78 is 0. The molecule has 3 unspecified atom stereocenters. The van der Waals surface area contributed by atoms with Crippen molar-refractivity contribution < 1.29 is 14.7 Å². The number of ketones is 1. The summed E-state index contributed by atoms with van der Waals surface area (Å²) in [5.41, 5.74) is 0. The molecule has 2 aliphatic rings. The molecule has 0 spiro atoms. The Bertz CT molecular complexity index is 217. The molecule has 0 amide bonds. The smallest absolute Gasteiger partial charge is 0.307 e. The molecule has 0 aromatic rings. The summed E-state index contributed by atoms with van der Waals surface area (Å²) in [6, 6.07) is 0. The van der Waals surface area contributed by atoms with E-state index in [9.17, 15) is 9.59 Å². The molecule has 0 aliphatic heterocycles. The van der Waals surface area contributed by atoms with E-state index in [4.69, 9.17) is 5.11 Å². The Labute approximate surface area is 64.4 Å². The van der Waals surface area contributed by atoms with E-state index in [-0.39, 0.29) is 23.5 Å². The summed E-state index contributed by atoms with van der Waals surface area (Å²) in [6.45, 7) is 0. The highest BCUT2D eigenvalue weighted by atomic mass is 16.4. The maximum absolute atomic E-state index is 11.1. The predicted octanol–water partition coefficient (Wildman–Crippen LogP) is 0.686. The van der Waals surface area contributed by atoms with Gasteiger partial charge in [-0.05, 0) is 18.8 Å². The molecule has 0 saturated heterocycles. The third kappa shape index (κ3) is 0.870. The standard InChI is InChI=1S/C8H10O3/c9-5-3-1-2-4-6(5)7(4)8(10)11/h4,6-7H,1-3H2,(H,10,11). The van der Waals surface area contributed by atoms with Crippen LogP contribution in [0.1, 0.15) is 19.3 Å². The lowest BCUT2D eigenvalue weighted by Gasteiger charge is -2.04. The lowest BCUT2D eigenvalue weighted by molar-refractivity contribution is -0.140. The molecule has 0 radical (unpaired) electrons. The molecule has 3 nitrogen and oxygen atoms in total. The van der Waals surface area contributed by atoms with Crippen LogP contribution in [0.3, 0.4) is 0 Å². The molecule has 60 valence electrons. The quantitative estimate of drug-likeness (QED) is 0.604. The molecule has 2 rings (SSSR count). The van der Waals surface area contributed by atoms with Gasteiger partial charge in [0.15, 0.2) is 0 Å². The highest BCUT2D eigenvalue weighted by Crippen LogP contribution is 2.53. The maximum atomic E-state index is 11.1. The Hall–Kier alpha value is -0.860. The number of carbonyl (C=O) groups is 2. The van der Waals surface area contributed by atoms with E-state index in [0.29, 0.717) is 6.42 Å². The summed E-state index contributed by atoms with van der Waals surface area (Å²) >= 11 is 0. The van der Waals surface area contributed by atoms with Gasteiger partial charge >= 0.3 is 5.97 Å². The lowest BCUT2D eigenvalue weighted by atomic mass is 10.00. The number of rotatable bonds is 1. The van der Waals surface area contributed by atoms with Crippen LogP contribution in [0.2, 0.25) is 0 Å². The van der Waals surface area contributed by atoms with Gasteiger partial charge in [-0.25, -0.2) is 0 Å². The van der Waals surface area contributed by atoms with Gasteiger partial charge in [0.1, 0.15) is 5.78 Å². The average Bonchev–Trinajstić information content (AvgIpc) is 2.62. The highest BCUT2D eigenvalue weighted by molar-refractivity contribution is 5.92. The number of carboxylic acid groups (broad SMARTS) is 1. The van der Waals surface area contributed by atoms with Gasteiger partial charge in [0, 0.05) is 12.3 Å². The zero-order valence-corrected chi connectivity index (χ0v) is 6.12. The van der Waals surface area contributed by atoms with E-state index in [1.54, 1.807) is 0 Å². The second-order valence-corrected chi connectivity index (χ2v) is 3.41. The van der Waals surface area contributed by atoms with Crippen molar-refractivity contribution in [1.82, 2.24) is 0 Å². The van der Waals surface area contributed by atoms with Crippen LogP contribution in [0.4, 0.5) is 0 Å². The molecule has 0 aromatic carbocycles. The number of fused-ring (bicyclic) bond motifs is 1. The second kappa shape index (κ2) is 2.06. The lowest BCUT2D eigenvalue weighted by Crippen LogP contribution is -2.08. The van der Waals surface area contributed by atoms with Gasteiger partial charge in [-0.2, -0.15) is 0 Å². The molecule has 3 atom stereocenters. The average molecular weight is 154 g/mol. The Morgan fingerprint density at radius 1 is 1.55 bits per heavy atom. The highest BCUT2D eigenvalue weighted by Gasteiger charge is 2.59. The van der Waals surface area contributed by atoms with Crippen LogP contribution < -0.4 is 0 Å². The van der Waals surface area contributed by atoms with Gasteiger partial charge in [0.2, 0.25) is 0 Å². The van der Waals surface area contributed by atoms with Crippen LogP contribution in [0.25, 0.3) is 0 Å². The zero-order chi connectivity index (χ0) is 8.01. The van der Waals surface area contributed by atoms with E-state index in [0.717, 1.165) is 12.8 Å². The van der Waals surface area contributed by atoms with Crippen molar-refractivity contribution in [3.63, 3.8) is 0 Å². The largest absolute Gasteiger partial charge is 0.481 e. The van der Waals surface area contributed by atoms with Gasteiger partial charge in [-0.3, -0.25) is 9.59 Å². The molecule has 2 aliphatic carbocycles. The van der Waals surface area contributed by atoms with Gasteiger partial charge in [-0.15, -0.1) is 0 Å². The predicted molar refractivity (Wildman–Crippen MR) is 37.0 cm³/mol. The van der Waals surface area contributed by atoms with E-state index in [1.165, 1.54) is 0 Å². The summed E-state index contributed by atoms with van der Waals surface area (Å²) in [6.07, 6.45) is 2.43. The van der Waals surface area contributed by atoms with Crippen molar-refractivity contribution in [1.29, 1.82) is 0 Å². The van der Waals surface area contributed by atoms with E-state index in [2.05, 4.69) is 0 Å². The van der Waals surface area contributed by atoms with Crippen LogP contribution in [0, 0.1) is 17.8 Å². The Morgan fingerprint density at radius 3 is 2.82 bits per heavy atom. The number of carboxylic acids is 1. The normalized spacial score (nSPS) is 41.5. The molecular weight excluding hydrogens is 144 g/mol. The van der Waals surface area contributed by atoms with Crippen LogP contribution in [0.15, 0.2) is 0 Å². The molecule has 0 bridgehead atoms. The molecular formula is C8H10O3. The van der Waals surface area contributed by atoms with Crippen molar-refractivity contribution >= 4 is 11.8 Å². The summed E-state index contributed by atoms with van der Waals surface area (Å²) in [7, 11) is 0. The van der Waals surface area contributed by atoms with Gasteiger partial charge < -0.3 is 5.11 Å². The summed E-state index contributed by atoms with van der Waals surface area (Å²) in [5, 5.41) is 8.65. The summed E-state index contributed by atoms with van der Waals surface area (Å²) in [4.78, 5) is 21.6. The van der Waals surface area contributed by atoms with E-state index >= 15 is 0 Å². The van der Waals surface area contributed by atoms with Gasteiger partial charge in [0.25, 0.3) is 0 Å². The number of hydrogen-bond donors (Lipinski definition) is 1. The van der Waals surface area contributed by atoms with Crippen LogP contribution >= 0.6 is 0 Å². The first-order chi connectivity index (χ1) is 5.22. The first-order valence-corrected chi connectivity index (χ1v) is 3.97. The molecule has 11 heavy (non-hydrogen) atoms. The Morgan fingerprint density at radius 2 is 2.27 bits per heavy atom. The molecule has 3 heteroatoms. The number of Topliss-reactive ketones (excluding diaryl/α,β-unsaturated/α-hetero) is 1. The maximum Gasteiger partial charge on any atom is 0.307 e. The number of hydrogen-bond acceptors (Lipinski definition) is 2. The minimum atomic E-state index is -0.782. The SMILES string of the molecule is O=C(O)C1C2CCCC(=O)C21. The third-order valence-corrected chi connectivity index (χ3v) is 2.79. The van der Waals surface area contributed by atoms with E-state index < -0.39 is 5.97 Å². The topological polar surface area (TPSA) is 54.4 Å². The van der Waals surface area contributed by atoms with Gasteiger partial charge in [0.05, 0.1) is 5.92 Å². The number of aliphatic carboxylic acids is 1. The third-order valence-electron chi connectivity index (χ3n) is 2.79. The molecule has 0 aromatic heterocycles. The monoisotopic (exact) mass is 154 g/mol. The van der Waals surface area contributed by atoms with Crippen molar-refractivity contribution in [2.24, 2.45) is 17.8 Å². The molecule has 1 N–H and O–H groups in total. The fraction of sp³-hybridized carbons (Fsp3) is 0.750. The first kappa shape index (κ1) is 6.83. The van der Waals surface area contributed by atoms with E-state index in [1.807, 2.05) is 0 Å². The summed E-state index contributed by atoms with van der Waals surface area (Å²) in [5.74, 6) is -0.857. The zero-order valence-electron chi connectivity index (χ0n) is 6.12. The molecule has 0 heterocycles. The number of carbonyl (C=O) groups excluding carboxylic acids is 1. The molecule has 2 saturated carbocycles. The Balaban J connectivity index is 2.10. The van der Waals surface area contributed by atoms with Gasteiger partial charge in [-0.1, -0.05) is 0 Å². The first-order valence-electron chi connectivity index (χ1n) is 3.97. The van der Waals surface area contributed by atoms with Crippen molar-refractivity contribution in [2.75, 3.05) is 0 Å². The fourth-order valence-corrected chi connectivity index (χ4v) is 2.19. The second-order valence-electron chi connectivity index (χ2n) is 3.41. The minimum Gasteiger partial charge on any atom is -0.481 e. The fourth-order valence-electron chi connectivity index (χ4n) is 2.19. The van der Waals surface area contributed by atoms with Crippen molar-refractivity contribution in [2.45, 2.75) is 19.3 Å². The van der Waals surface area contributed by atoms with Crippen molar-refractivity contribution in [3.8, 4) is 0 Å². The molecule has 2 fully saturated rings. The Kier molecular flexibility index (Phi) is 1.28. The van der Waals surface area contributed by atoms with Crippen molar-refractivity contribution in [3.05, 3.63) is 0 Å². The minimum absolute atomic E-state index is 0.110.